The third-order valence-corrected chi connectivity index (χ3v) is 3.44. The van der Waals surface area contributed by atoms with Gasteiger partial charge in [0.15, 0.2) is 5.78 Å². The predicted molar refractivity (Wildman–Crippen MR) is 95.6 cm³/mol. The number of ketones is 1. The third-order valence-electron chi connectivity index (χ3n) is 3.19. The Hall–Kier alpha value is -2.59. The van der Waals surface area contributed by atoms with Crippen LogP contribution in [0.15, 0.2) is 60.3 Å². The molecule has 124 valence electrons. The van der Waals surface area contributed by atoms with Crippen molar-refractivity contribution in [1.82, 2.24) is 0 Å². The van der Waals surface area contributed by atoms with Crippen molar-refractivity contribution in [3.05, 3.63) is 76.5 Å². The molecule has 1 N–H and O–H groups in total. The molecule has 0 fully saturated rings. The van der Waals surface area contributed by atoms with E-state index in [1.54, 1.807) is 56.3 Å². The number of carbonyl (C=O) groups is 2. The summed E-state index contributed by atoms with van der Waals surface area (Å²) in [6, 6.07) is 13.6. The third kappa shape index (κ3) is 4.96. The number of hydrogen-bond acceptors (Lipinski definition) is 4. The summed E-state index contributed by atoms with van der Waals surface area (Å²) in [6.45, 7) is 3.87. The minimum atomic E-state index is -0.375. The Morgan fingerprint density at radius 1 is 1.12 bits per heavy atom. The monoisotopic (exact) mass is 343 g/mol. The van der Waals surface area contributed by atoms with Gasteiger partial charge in [0.25, 0.3) is 0 Å². The van der Waals surface area contributed by atoms with Crippen LogP contribution in [0.3, 0.4) is 0 Å². The van der Waals surface area contributed by atoms with E-state index in [1.807, 2.05) is 6.07 Å². The van der Waals surface area contributed by atoms with Crippen LogP contribution in [0.4, 0.5) is 5.69 Å². The molecule has 24 heavy (non-hydrogen) atoms. The van der Waals surface area contributed by atoms with E-state index in [0.717, 1.165) is 0 Å². The fourth-order valence-corrected chi connectivity index (χ4v) is 2.22. The van der Waals surface area contributed by atoms with E-state index in [-0.39, 0.29) is 11.8 Å². The molecule has 0 saturated carbocycles. The zero-order valence-corrected chi connectivity index (χ0v) is 14.3. The van der Waals surface area contributed by atoms with Gasteiger partial charge < -0.3 is 10.1 Å². The highest BCUT2D eigenvalue weighted by molar-refractivity contribution is 6.30. The smallest absolute Gasteiger partial charge is 0.338 e. The van der Waals surface area contributed by atoms with Crippen LogP contribution in [-0.4, -0.2) is 18.4 Å². The molecule has 0 aliphatic carbocycles. The summed E-state index contributed by atoms with van der Waals surface area (Å²) < 4.78 is 4.97. The summed E-state index contributed by atoms with van der Waals surface area (Å²) in [5.41, 5.74) is 2.38. The first-order chi connectivity index (χ1) is 11.5. The zero-order chi connectivity index (χ0) is 17.5. The fraction of sp³-hybridized carbons (Fsp3) is 0.158. The van der Waals surface area contributed by atoms with Gasteiger partial charge in [0, 0.05) is 28.0 Å². The Labute approximate surface area is 146 Å². The number of allylic oxidation sites excluding steroid dienone is 2. The fourth-order valence-electron chi connectivity index (χ4n) is 2.10. The van der Waals surface area contributed by atoms with Crippen LogP contribution in [0.25, 0.3) is 0 Å². The summed E-state index contributed by atoms with van der Waals surface area (Å²) in [5, 5.41) is 3.68. The van der Waals surface area contributed by atoms with Crippen molar-refractivity contribution in [2.24, 2.45) is 0 Å². The average molecular weight is 344 g/mol. The Morgan fingerprint density at radius 2 is 1.83 bits per heavy atom. The first-order valence-corrected chi connectivity index (χ1v) is 7.90. The molecule has 0 unspecified atom stereocenters. The molecule has 2 rings (SSSR count). The topological polar surface area (TPSA) is 55.4 Å². The number of ether oxygens (including phenoxy) is 1. The number of carbonyl (C=O) groups excluding carboxylic acids is 2. The molecule has 0 radical (unpaired) electrons. The average Bonchev–Trinajstić information content (AvgIpc) is 2.55. The number of hydrogen-bond donors (Lipinski definition) is 1. The molecule has 0 bridgehead atoms. The Morgan fingerprint density at radius 3 is 2.50 bits per heavy atom. The van der Waals surface area contributed by atoms with E-state index in [1.165, 1.54) is 6.08 Å². The first kappa shape index (κ1) is 17.8. The molecule has 2 aromatic rings. The van der Waals surface area contributed by atoms with Gasteiger partial charge in [-0.25, -0.2) is 4.79 Å². The summed E-state index contributed by atoms with van der Waals surface area (Å²) >= 11 is 5.82. The van der Waals surface area contributed by atoms with Crippen LogP contribution >= 0.6 is 11.6 Å². The van der Waals surface area contributed by atoms with Crippen molar-refractivity contribution in [3.63, 3.8) is 0 Å². The van der Waals surface area contributed by atoms with Gasteiger partial charge in [-0.15, -0.1) is 0 Å². The van der Waals surface area contributed by atoms with E-state index in [9.17, 15) is 9.59 Å². The lowest BCUT2D eigenvalue weighted by molar-refractivity contribution is 0.0526. The maximum Gasteiger partial charge on any atom is 0.338 e. The van der Waals surface area contributed by atoms with Crippen LogP contribution < -0.4 is 5.32 Å². The van der Waals surface area contributed by atoms with E-state index in [0.29, 0.717) is 34.1 Å². The lowest BCUT2D eigenvalue weighted by Gasteiger charge is -2.08. The number of benzene rings is 2. The summed E-state index contributed by atoms with van der Waals surface area (Å²) in [7, 11) is 0. The van der Waals surface area contributed by atoms with E-state index < -0.39 is 0 Å². The van der Waals surface area contributed by atoms with Crippen LogP contribution in [0.2, 0.25) is 5.02 Å². The van der Waals surface area contributed by atoms with Gasteiger partial charge in [-0.2, -0.15) is 0 Å². The number of nitrogens with one attached hydrogen (secondary N) is 1. The number of halogens is 1. The Bertz CT molecular complexity index is 766. The summed E-state index contributed by atoms with van der Waals surface area (Å²) in [4.78, 5) is 23.9. The molecule has 0 aliphatic heterocycles. The van der Waals surface area contributed by atoms with Crippen molar-refractivity contribution in [2.75, 3.05) is 11.9 Å². The van der Waals surface area contributed by atoms with Gasteiger partial charge >= 0.3 is 5.97 Å². The minimum Gasteiger partial charge on any atom is -0.462 e. The molecular formula is C19H18ClNO3. The SMILES string of the molecule is CCOC(=O)c1cccc(N/C(C)=C/C(=O)c2ccc(Cl)cc2)c1. The number of rotatable bonds is 6. The van der Waals surface area contributed by atoms with Gasteiger partial charge in [0.05, 0.1) is 12.2 Å². The van der Waals surface area contributed by atoms with Crippen LogP contribution in [0.5, 0.6) is 0 Å². The van der Waals surface area contributed by atoms with Crippen LogP contribution in [0, 0.1) is 0 Å². The van der Waals surface area contributed by atoms with Gasteiger partial charge in [0.1, 0.15) is 0 Å². The Kier molecular flexibility index (Phi) is 6.15. The second kappa shape index (κ2) is 8.31. The molecule has 2 aromatic carbocycles. The van der Waals surface area contributed by atoms with Gasteiger partial charge in [-0.1, -0.05) is 17.7 Å². The molecule has 0 saturated heterocycles. The zero-order valence-electron chi connectivity index (χ0n) is 13.5. The van der Waals surface area contributed by atoms with Crippen molar-refractivity contribution in [2.45, 2.75) is 13.8 Å². The van der Waals surface area contributed by atoms with Crippen LogP contribution in [-0.2, 0) is 4.74 Å². The van der Waals surface area contributed by atoms with E-state index in [2.05, 4.69) is 5.32 Å². The molecule has 5 heteroatoms. The van der Waals surface area contributed by atoms with Crippen LogP contribution in [0.1, 0.15) is 34.6 Å². The standard InChI is InChI=1S/C19H18ClNO3/c1-3-24-19(23)15-5-4-6-17(12-15)21-13(2)11-18(22)14-7-9-16(20)10-8-14/h4-12,21H,3H2,1-2H3/b13-11+. The quantitative estimate of drug-likeness (QED) is 0.468. The van der Waals surface area contributed by atoms with Gasteiger partial charge in [0.2, 0.25) is 0 Å². The molecule has 0 heterocycles. The van der Waals surface area contributed by atoms with Gasteiger partial charge in [-0.3, -0.25) is 4.79 Å². The minimum absolute atomic E-state index is 0.127. The number of anilines is 1. The van der Waals surface area contributed by atoms with E-state index >= 15 is 0 Å². The molecule has 0 aromatic heterocycles. The molecular weight excluding hydrogens is 326 g/mol. The molecule has 0 atom stereocenters. The molecule has 0 amide bonds. The lowest BCUT2D eigenvalue weighted by atomic mass is 10.1. The van der Waals surface area contributed by atoms with E-state index in [4.69, 9.17) is 16.3 Å². The molecule has 4 nitrogen and oxygen atoms in total. The maximum absolute atomic E-state index is 12.2. The van der Waals surface area contributed by atoms with Crippen molar-refractivity contribution >= 4 is 29.0 Å². The lowest BCUT2D eigenvalue weighted by Crippen LogP contribution is -2.06. The normalized spacial score (nSPS) is 11.0. The highest BCUT2D eigenvalue weighted by Crippen LogP contribution is 2.15. The highest BCUT2D eigenvalue weighted by atomic mass is 35.5. The summed E-state index contributed by atoms with van der Waals surface area (Å²) in [6.07, 6.45) is 1.50. The predicted octanol–water partition coefficient (Wildman–Crippen LogP) is 4.72. The molecule has 0 aliphatic rings. The number of esters is 1. The van der Waals surface area contributed by atoms with Crippen molar-refractivity contribution in [3.8, 4) is 0 Å². The molecule has 0 spiro atoms. The Balaban J connectivity index is 2.09. The van der Waals surface area contributed by atoms with Crippen molar-refractivity contribution in [1.29, 1.82) is 0 Å². The van der Waals surface area contributed by atoms with Crippen molar-refractivity contribution < 1.29 is 14.3 Å². The second-order valence-corrected chi connectivity index (χ2v) is 5.56. The first-order valence-electron chi connectivity index (χ1n) is 7.52. The second-order valence-electron chi connectivity index (χ2n) is 5.12. The summed E-state index contributed by atoms with van der Waals surface area (Å²) in [5.74, 6) is -0.502. The largest absolute Gasteiger partial charge is 0.462 e. The van der Waals surface area contributed by atoms with Gasteiger partial charge in [-0.05, 0) is 56.3 Å². The maximum atomic E-state index is 12.2. The highest BCUT2D eigenvalue weighted by Gasteiger charge is 2.07.